The molecule has 0 saturated heterocycles. The fourth-order valence-corrected chi connectivity index (χ4v) is 3.25. The molecule has 1 unspecified atom stereocenters. The number of nitrogens with one attached hydrogen (secondary N) is 2. The van der Waals surface area contributed by atoms with Crippen molar-refractivity contribution in [3.05, 3.63) is 38.5 Å². The number of carbonyl (C=O) groups is 2. The van der Waals surface area contributed by atoms with Crippen molar-refractivity contribution in [1.82, 2.24) is 15.6 Å². The average molecular weight is 325 g/mol. The normalized spacial score (nSPS) is 11.9. The van der Waals surface area contributed by atoms with E-state index in [1.807, 2.05) is 24.4 Å². The lowest BCUT2D eigenvalue weighted by atomic mass is 10.2. The van der Waals surface area contributed by atoms with E-state index >= 15 is 0 Å². The molecule has 0 saturated carbocycles. The van der Waals surface area contributed by atoms with E-state index in [1.54, 1.807) is 11.3 Å². The molecule has 2 amide bonds. The number of urea groups is 1. The molecule has 2 aromatic heterocycles. The van der Waals surface area contributed by atoms with E-state index in [0.717, 1.165) is 6.42 Å². The predicted molar refractivity (Wildman–Crippen MR) is 81.9 cm³/mol. The Hall–Kier alpha value is -1.93. The second-order valence-corrected chi connectivity index (χ2v) is 6.42. The lowest BCUT2D eigenvalue weighted by Crippen LogP contribution is -2.41. The summed E-state index contributed by atoms with van der Waals surface area (Å²) >= 11 is 2.87. The fourth-order valence-electron chi connectivity index (χ4n) is 1.70. The van der Waals surface area contributed by atoms with Crippen LogP contribution in [0.2, 0.25) is 0 Å². The zero-order valence-electron chi connectivity index (χ0n) is 11.3. The number of nitrogens with zero attached hydrogens (tertiary/aromatic N) is 1. The molecule has 0 aliphatic heterocycles. The highest BCUT2D eigenvalue weighted by atomic mass is 32.1. The first kappa shape index (κ1) is 15.5. The van der Waals surface area contributed by atoms with Gasteiger partial charge in [-0.2, -0.15) is 0 Å². The number of aromatic nitrogens is 1. The molecule has 3 N–H and O–H groups in total. The maximum atomic E-state index is 11.7. The average Bonchev–Trinajstić information content (AvgIpc) is 3.06. The second-order valence-electron chi connectivity index (χ2n) is 4.44. The van der Waals surface area contributed by atoms with Crippen LogP contribution in [0.1, 0.15) is 27.3 Å². The van der Waals surface area contributed by atoms with Crippen LogP contribution in [0.15, 0.2) is 22.9 Å². The number of hydrogen-bond acceptors (Lipinski definition) is 5. The van der Waals surface area contributed by atoms with Gasteiger partial charge in [-0.15, -0.1) is 22.7 Å². The molecule has 2 heterocycles. The van der Waals surface area contributed by atoms with E-state index in [2.05, 4.69) is 15.6 Å². The number of hydrogen-bond donors (Lipinski definition) is 3. The lowest BCUT2D eigenvalue weighted by molar-refractivity contribution is 0.0691. The molecular formula is C13H15N3O3S2. The van der Waals surface area contributed by atoms with Crippen molar-refractivity contribution in [1.29, 1.82) is 0 Å². The first-order valence-electron chi connectivity index (χ1n) is 6.29. The van der Waals surface area contributed by atoms with E-state index in [-0.39, 0.29) is 24.3 Å². The molecule has 1 atom stereocenters. The zero-order chi connectivity index (χ0) is 15.2. The Balaban J connectivity index is 1.75. The van der Waals surface area contributed by atoms with E-state index in [0.29, 0.717) is 5.01 Å². The Bertz CT molecular complexity index is 610. The monoisotopic (exact) mass is 325 g/mol. The molecule has 0 aromatic carbocycles. The number of thiophene rings is 1. The highest BCUT2D eigenvalue weighted by Gasteiger charge is 2.11. The summed E-state index contributed by atoms with van der Waals surface area (Å²) in [7, 11) is 0. The van der Waals surface area contributed by atoms with E-state index < -0.39 is 5.97 Å². The SMILES string of the molecule is CC(Cc1cccs1)NC(=O)NCc1nc(C(=O)O)cs1. The number of carboxylic acids is 1. The van der Waals surface area contributed by atoms with Crippen molar-refractivity contribution in [2.24, 2.45) is 0 Å². The first-order valence-corrected chi connectivity index (χ1v) is 8.05. The van der Waals surface area contributed by atoms with Gasteiger partial charge in [0.2, 0.25) is 0 Å². The number of amides is 2. The molecule has 0 radical (unpaired) electrons. The van der Waals surface area contributed by atoms with Crippen molar-refractivity contribution < 1.29 is 14.7 Å². The molecular weight excluding hydrogens is 310 g/mol. The fraction of sp³-hybridized carbons (Fsp3) is 0.308. The van der Waals surface area contributed by atoms with Gasteiger partial charge in [-0.05, 0) is 18.4 Å². The molecule has 0 fully saturated rings. The van der Waals surface area contributed by atoms with E-state index in [4.69, 9.17) is 5.11 Å². The number of rotatable bonds is 6. The molecule has 0 bridgehead atoms. The predicted octanol–water partition coefficient (Wildman–Crippen LogP) is 2.33. The summed E-state index contributed by atoms with van der Waals surface area (Å²) in [6.45, 7) is 2.15. The molecule has 0 spiro atoms. The van der Waals surface area contributed by atoms with Crippen molar-refractivity contribution in [3.8, 4) is 0 Å². The van der Waals surface area contributed by atoms with Gasteiger partial charge in [-0.3, -0.25) is 0 Å². The third-order valence-corrected chi connectivity index (χ3v) is 4.38. The number of thiazole rings is 1. The maximum absolute atomic E-state index is 11.7. The Morgan fingerprint density at radius 1 is 1.43 bits per heavy atom. The molecule has 0 aliphatic rings. The van der Waals surface area contributed by atoms with Crippen LogP contribution in [0.25, 0.3) is 0 Å². The van der Waals surface area contributed by atoms with Crippen LogP contribution in [0.3, 0.4) is 0 Å². The highest BCUT2D eigenvalue weighted by molar-refractivity contribution is 7.10. The Morgan fingerprint density at radius 3 is 2.86 bits per heavy atom. The molecule has 8 heteroatoms. The minimum Gasteiger partial charge on any atom is -0.476 e. The molecule has 6 nitrogen and oxygen atoms in total. The van der Waals surface area contributed by atoms with Gasteiger partial charge in [0.1, 0.15) is 5.01 Å². The summed E-state index contributed by atoms with van der Waals surface area (Å²) in [6.07, 6.45) is 0.783. The van der Waals surface area contributed by atoms with Crippen LogP contribution in [-0.4, -0.2) is 28.1 Å². The quantitative estimate of drug-likeness (QED) is 0.760. The van der Waals surface area contributed by atoms with Crippen LogP contribution in [-0.2, 0) is 13.0 Å². The molecule has 2 aromatic rings. The maximum Gasteiger partial charge on any atom is 0.355 e. The lowest BCUT2D eigenvalue weighted by Gasteiger charge is -2.13. The Kier molecular flexibility index (Phi) is 5.29. The third kappa shape index (κ3) is 4.83. The van der Waals surface area contributed by atoms with E-state index in [1.165, 1.54) is 21.6 Å². The van der Waals surface area contributed by atoms with Crippen molar-refractivity contribution in [2.45, 2.75) is 25.9 Å². The third-order valence-electron chi connectivity index (χ3n) is 2.64. The van der Waals surface area contributed by atoms with Gasteiger partial charge in [0.25, 0.3) is 0 Å². The standard InChI is InChI=1S/C13H15N3O3S2/c1-8(5-9-3-2-4-20-9)15-13(19)14-6-11-16-10(7-21-11)12(17)18/h2-4,7-8H,5-6H2,1H3,(H,17,18)(H2,14,15,19). The summed E-state index contributed by atoms with van der Waals surface area (Å²) in [5.74, 6) is -1.06. The van der Waals surface area contributed by atoms with Crippen LogP contribution in [0.5, 0.6) is 0 Å². The largest absolute Gasteiger partial charge is 0.476 e. The molecule has 21 heavy (non-hydrogen) atoms. The summed E-state index contributed by atoms with van der Waals surface area (Å²) in [5, 5.41) is 18.3. The summed E-state index contributed by atoms with van der Waals surface area (Å²) in [6, 6.07) is 3.75. The number of aromatic carboxylic acids is 1. The number of carboxylic acid groups (broad SMARTS) is 1. The number of carbonyl (C=O) groups excluding carboxylic acids is 1. The van der Waals surface area contributed by atoms with Gasteiger partial charge in [-0.25, -0.2) is 14.6 Å². The second kappa shape index (κ2) is 7.19. The van der Waals surface area contributed by atoms with Gasteiger partial charge in [0.05, 0.1) is 6.54 Å². The first-order chi connectivity index (χ1) is 10.0. The summed E-state index contributed by atoms with van der Waals surface area (Å²) < 4.78 is 0. The summed E-state index contributed by atoms with van der Waals surface area (Å²) in [4.78, 5) is 27.5. The van der Waals surface area contributed by atoms with Crippen molar-refractivity contribution in [3.63, 3.8) is 0 Å². The van der Waals surface area contributed by atoms with Crippen molar-refractivity contribution >= 4 is 34.7 Å². The Labute approximate surface area is 129 Å². The van der Waals surface area contributed by atoms with Crippen molar-refractivity contribution in [2.75, 3.05) is 0 Å². The van der Waals surface area contributed by atoms with Gasteiger partial charge in [0.15, 0.2) is 5.69 Å². The molecule has 2 rings (SSSR count). The smallest absolute Gasteiger partial charge is 0.355 e. The van der Waals surface area contributed by atoms with Crippen LogP contribution in [0.4, 0.5) is 4.79 Å². The van der Waals surface area contributed by atoms with Gasteiger partial charge in [0, 0.05) is 22.7 Å². The summed E-state index contributed by atoms with van der Waals surface area (Å²) in [5.41, 5.74) is 0.00303. The Morgan fingerprint density at radius 2 is 2.24 bits per heavy atom. The topological polar surface area (TPSA) is 91.3 Å². The van der Waals surface area contributed by atoms with Crippen LogP contribution < -0.4 is 10.6 Å². The minimum atomic E-state index is -1.06. The van der Waals surface area contributed by atoms with Crippen LogP contribution >= 0.6 is 22.7 Å². The highest BCUT2D eigenvalue weighted by Crippen LogP contribution is 2.11. The van der Waals surface area contributed by atoms with Crippen LogP contribution in [0, 0.1) is 0 Å². The van der Waals surface area contributed by atoms with Gasteiger partial charge < -0.3 is 15.7 Å². The van der Waals surface area contributed by atoms with Gasteiger partial charge >= 0.3 is 12.0 Å². The molecule has 0 aliphatic carbocycles. The van der Waals surface area contributed by atoms with Gasteiger partial charge in [-0.1, -0.05) is 6.07 Å². The minimum absolute atomic E-state index is 0.00303. The molecule has 112 valence electrons. The zero-order valence-corrected chi connectivity index (χ0v) is 13.0. The van der Waals surface area contributed by atoms with E-state index in [9.17, 15) is 9.59 Å².